The van der Waals surface area contributed by atoms with Gasteiger partial charge in [0, 0.05) is 0 Å². The standard InChI is InChI=1S/C14H18F3NO2/c1-20-9-5-8-13(14(15,16)17)18-12(10-19)11-6-3-2-4-7-11/h2-7,9,12-13,18-19H,8,10H2,1H3/b9-5-/t12-,13-/m0/s1. The quantitative estimate of drug-likeness (QED) is 0.758. The maximum Gasteiger partial charge on any atom is 0.404 e. The van der Waals surface area contributed by atoms with Crippen LogP contribution in [0.25, 0.3) is 0 Å². The predicted molar refractivity (Wildman–Crippen MR) is 70.0 cm³/mol. The van der Waals surface area contributed by atoms with Gasteiger partial charge in [0.2, 0.25) is 0 Å². The van der Waals surface area contributed by atoms with Crippen LogP contribution in [-0.4, -0.2) is 31.0 Å². The van der Waals surface area contributed by atoms with Gasteiger partial charge in [-0.15, -0.1) is 0 Å². The number of benzene rings is 1. The molecule has 20 heavy (non-hydrogen) atoms. The molecule has 0 aliphatic rings. The minimum absolute atomic E-state index is 0.263. The molecule has 0 radical (unpaired) electrons. The summed E-state index contributed by atoms with van der Waals surface area (Å²) in [7, 11) is 1.37. The minimum Gasteiger partial charge on any atom is -0.505 e. The summed E-state index contributed by atoms with van der Waals surface area (Å²) < 4.78 is 43.4. The van der Waals surface area contributed by atoms with E-state index < -0.39 is 24.9 Å². The number of rotatable bonds is 7. The first-order valence-electron chi connectivity index (χ1n) is 6.15. The molecule has 0 saturated carbocycles. The van der Waals surface area contributed by atoms with Crippen molar-refractivity contribution in [2.75, 3.05) is 13.7 Å². The number of halogens is 3. The highest BCUT2D eigenvalue weighted by atomic mass is 19.4. The molecule has 0 heterocycles. The first kappa shape index (κ1) is 16.5. The van der Waals surface area contributed by atoms with Crippen LogP contribution in [0.4, 0.5) is 13.2 Å². The van der Waals surface area contributed by atoms with Gasteiger partial charge in [-0.2, -0.15) is 13.2 Å². The maximum atomic E-state index is 12.9. The van der Waals surface area contributed by atoms with Gasteiger partial charge in [0.05, 0.1) is 26.0 Å². The highest BCUT2D eigenvalue weighted by Crippen LogP contribution is 2.25. The monoisotopic (exact) mass is 289 g/mol. The molecule has 0 amide bonds. The Morgan fingerprint density at radius 2 is 1.95 bits per heavy atom. The van der Waals surface area contributed by atoms with E-state index in [2.05, 4.69) is 10.1 Å². The van der Waals surface area contributed by atoms with Gasteiger partial charge >= 0.3 is 6.18 Å². The van der Waals surface area contributed by atoms with Crippen molar-refractivity contribution in [3.63, 3.8) is 0 Å². The lowest BCUT2D eigenvalue weighted by Crippen LogP contribution is -2.44. The van der Waals surface area contributed by atoms with Crippen molar-refractivity contribution in [2.24, 2.45) is 0 Å². The number of hydrogen-bond donors (Lipinski definition) is 2. The summed E-state index contributed by atoms with van der Waals surface area (Å²) in [5.74, 6) is 0. The zero-order chi connectivity index (χ0) is 15.0. The Balaban J connectivity index is 2.79. The highest BCUT2D eigenvalue weighted by Gasteiger charge is 2.39. The van der Waals surface area contributed by atoms with E-state index in [9.17, 15) is 18.3 Å². The molecule has 0 bridgehead atoms. The van der Waals surface area contributed by atoms with Crippen molar-refractivity contribution in [1.29, 1.82) is 0 Å². The van der Waals surface area contributed by atoms with E-state index in [4.69, 9.17) is 0 Å². The second kappa shape index (κ2) is 7.91. The third-order valence-electron chi connectivity index (χ3n) is 2.79. The highest BCUT2D eigenvalue weighted by molar-refractivity contribution is 5.19. The molecule has 0 unspecified atom stereocenters. The summed E-state index contributed by atoms with van der Waals surface area (Å²) >= 11 is 0. The number of hydrogen-bond acceptors (Lipinski definition) is 3. The summed E-state index contributed by atoms with van der Waals surface area (Å²) in [5.41, 5.74) is 0.611. The summed E-state index contributed by atoms with van der Waals surface area (Å²) in [6.07, 6.45) is -2.16. The van der Waals surface area contributed by atoms with Crippen molar-refractivity contribution < 1.29 is 23.0 Å². The molecule has 112 valence electrons. The first-order valence-corrected chi connectivity index (χ1v) is 6.15. The van der Waals surface area contributed by atoms with Crippen molar-refractivity contribution in [2.45, 2.75) is 24.7 Å². The van der Waals surface area contributed by atoms with Gasteiger partial charge in [0.1, 0.15) is 6.04 Å². The largest absolute Gasteiger partial charge is 0.505 e. The van der Waals surface area contributed by atoms with Crippen LogP contribution in [0.2, 0.25) is 0 Å². The average molecular weight is 289 g/mol. The first-order chi connectivity index (χ1) is 9.49. The Morgan fingerprint density at radius 3 is 2.45 bits per heavy atom. The molecule has 6 heteroatoms. The molecule has 0 spiro atoms. The van der Waals surface area contributed by atoms with Gasteiger partial charge in [0.15, 0.2) is 0 Å². The summed E-state index contributed by atoms with van der Waals surface area (Å²) in [6.45, 7) is -0.412. The zero-order valence-electron chi connectivity index (χ0n) is 11.1. The van der Waals surface area contributed by atoms with E-state index in [1.165, 1.54) is 19.4 Å². The van der Waals surface area contributed by atoms with Crippen LogP contribution in [0.1, 0.15) is 18.0 Å². The normalized spacial score (nSPS) is 15.2. The fourth-order valence-electron chi connectivity index (χ4n) is 1.77. The van der Waals surface area contributed by atoms with Crippen molar-refractivity contribution in [3.05, 3.63) is 48.2 Å². The van der Waals surface area contributed by atoms with Crippen LogP contribution >= 0.6 is 0 Å². The van der Waals surface area contributed by atoms with E-state index in [-0.39, 0.29) is 6.42 Å². The fraction of sp³-hybridized carbons (Fsp3) is 0.429. The van der Waals surface area contributed by atoms with E-state index in [0.29, 0.717) is 5.56 Å². The molecule has 1 aromatic rings. The third-order valence-corrected chi connectivity index (χ3v) is 2.79. The molecule has 0 aliphatic carbocycles. The van der Waals surface area contributed by atoms with Crippen LogP contribution in [-0.2, 0) is 4.74 Å². The summed E-state index contributed by atoms with van der Waals surface area (Å²) in [4.78, 5) is 0. The number of methoxy groups -OCH3 is 1. The molecular weight excluding hydrogens is 271 g/mol. The van der Waals surface area contributed by atoms with E-state index in [1.54, 1.807) is 30.3 Å². The molecule has 0 aromatic heterocycles. The lowest BCUT2D eigenvalue weighted by atomic mass is 10.1. The summed E-state index contributed by atoms with van der Waals surface area (Å²) in [6, 6.07) is 6.03. The lowest BCUT2D eigenvalue weighted by Gasteiger charge is -2.26. The van der Waals surface area contributed by atoms with E-state index in [1.807, 2.05) is 0 Å². The van der Waals surface area contributed by atoms with Gasteiger partial charge in [0.25, 0.3) is 0 Å². The predicted octanol–water partition coefficient (Wildman–Crippen LogP) is 2.79. The Labute approximate surface area is 116 Å². The molecule has 2 atom stereocenters. The van der Waals surface area contributed by atoms with E-state index in [0.717, 1.165) is 0 Å². The molecule has 0 aliphatic heterocycles. The van der Waals surface area contributed by atoms with Crippen molar-refractivity contribution in [3.8, 4) is 0 Å². The number of nitrogens with one attached hydrogen (secondary N) is 1. The Morgan fingerprint density at radius 1 is 1.30 bits per heavy atom. The van der Waals surface area contributed by atoms with Crippen molar-refractivity contribution in [1.82, 2.24) is 5.32 Å². The molecule has 0 saturated heterocycles. The minimum atomic E-state index is -4.40. The maximum absolute atomic E-state index is 12.9. The topological polar surface area (TPSA) is 41.5 Å². The molecular formula is C14H18F3NO2. The lowest BCUT2D eigenvalue weighted by molar-refractivity contribution is -0.157. The van der Waals surface area contributed by atoms with Gasteiger partial charge in [-0.25, -0.2) is 0 Å². The Bertz CT molecular complexity index is 407. The smallest absolute Gasteiger partial charge is 0.404 e. The second-order valence-electron chi connectivity index (χ2n) is 4.25. The van der Waals surface area contributed by atoms with Gasteiger partial charge in [-0.05, 0) is 18.1 Å². The average Bonchev–Trinajstić information content (AvgIpc) is 2.42. The van der Waals surface area contributed by atoms with Crippen LogP contribution in [0, 0.1) is 0 Å². The van der Waals surface area contributed by atoms with Crippen molar-refractivity contribution >= 4 is 0 Å². The van der Waals surface area contributed by atoms with E-state index >= 15 is 0 Å². The van der Waals surface area contributed by atoms with Crippen LogP contribution in [0.3, 0.4) is 0 Å². The van der Waals surface area contributed by atoms with Gasteiger partial charge in [-0.3, -0.25) is 5.32 Å². The second-order valence-corrected chi connectivity index (χ2v) is 4.25. The molecule has 3 nitrogen and oxygen atoms in total. The third kappa shape index (κ3) is 5.22. The van der Waals surface area contributed by atoms with Gasteiger partial charge < -0.3 is 9.84 Å². The molecule has 2 N–H and O–H groups in total. The van der Waals surface area contributed by atoms with Crippen LogP contribution in [0.15, 0.2) is 42.7 Å². The summed E-state index contributed by atoms with van der Waals surface area (Å²) in [5, 5.41) is 11.7. The van der Waals surface area contributed by atoms with Crippen LogP contribution in [0.5, 0.6) is 0 Å². The number of alkyl halides is 3. The number of aliphatic hydroxyl groups excluding tert-OH is 1. The van der Waals surface area contributed by atoms with Crippen LogP contribution < -0.4 is 5.32 Å². The molecule has 1 aromatic carbocycles. The molecule has 0 fully saturated rings. The Kier molecular flexibility index (Phi) is 6.54. The molecule has 1 rings (SSSR count). The Hall–Kier alpha value is -1.53. The zero-order valence-corrected chi connectivity index (χ0v) is 11.1. The number of aliphatic hydroxyl groups is 1. The fourth-order valence-corrected chi connectivity index (χ4v) is 1.77. The van der Waals surface area contributed by atoms with Gasteiger partial charge in [-0.1, -0.05) is 30.3 Å². The number of ether oxygens (including phenoxy) is 1. The SMILES string of the molecule is CO/C=C\C[C@H](N[C@@H](CO)c1ccccc1)C(F)(F)F.